The van der Waals surface area contributed by atoms with Gasteiger partial charge in [-0.2, -0.15) is 0 Å². The average Bonchev–Trinajstić information content (AvgIpc) is 2.55. The maximum Gasteiger partial charge on any atom is 0.216 e. The summed E-state index contributed by atoms with van der Waals surface area (Å²) in [5.41, 5.74) is 2.80. The van der Waals surface area contributed by atoms with E-state index in [4.69, 9.17) is 0 Å². The van der Waals surface area contributed by atoms with Crippen LogP contribution in [0.4, 0.5) is 0 Å². The van der Waals surface area contributed by atoms with Gasteiger partial charge >= 0.3 is 0 Å². The molecule has 0 bridgehead atoms. The fourth-order valence-electron chi connectivity index (χ4n) is 2.66. The van der Waals surface area contributed by atoms with Gasteiger partial charge in [0.05, 0.1) is 5.75 Å². The molecule has 0 aliphatic heterocycles. The molecular formula is C19H19NO2S. The molecule has 1 N–H and O–H groups in total. The minimum atomic E-state index is -3.37. The monoisotopic (exact) mass is 325 g/mol. The van der Waals surface area contributed by atoms with Crippen molar-refractivity contribution in [3.05, 3.63) is 83.4 Å². The standard InChI is InChI=1S/C19H19NO2S/c1-15-7-2-3-9-18(15)14-23(21,22)20-13-17-11-6-10-16-8-4-5-12-19(16)17/h2-12,20H,13-14H2,1H3. The Bertz CT molecular complexity index is 928. The van der Waals surface area contributed by atoms with Crippen molar-refractivity contribution in [2.75, 3.05) is 0 Å². The molecule has 118 valence electrons. The molecule has 0 fully saturated rings. The van der Waals surface area contributed by atoms with Gasteiger partial charge in [-0.1, -0.05) is 66.7 Å². The molecule has 0 aliphatic carbocycles. The largest absolute Gasteiger partial charge is 0.216 e. The number of aryl methyl sites for hydroxylation is 1. The lowest BCUT2D eigenvalue weighted by atomic mass is 10.1. The number of benzene rings is 3. The van der Waals surface area contributed by atoms with Crippen LogP contribution in [0.25, 0.3) is 10.8 Å². The van der Waals surface area contributed by atoms with E-state index < -0.39 is 10.0 Å². The molecule has 3 aromatic rings. The van der Waals surface area contributed by atoms with Gasteiger partial charge in [0.25, 0.3) is 0 Å². The molecule has 0 saturated carbocycles. The first-order valence-electron chi connectivity index (χ1n) is 7.54. The molecular weight excluding hydrogens is 306 g/mol. The Morgan fingerprint density at radius 3 is 2.30 bits per heavy atom. The molecule has 0 atom stereocenters. The topological polar surface area (TPSA) is 46.2 Å². The van der Waals surface area contributed by atoms with Gasteiger partial charge in [-0.25, -0.2) is 13.1 Å². The second-order valence-electron chi connectivity index (χ2n) is 5.64. The fraction of sp³-hybridized carbons (Fsp3) is 0.158. The van der Waals surface area contributed by atoms with E-state index in [1.54, 1.807) is 0 Å². The summed E-state index contributed by atoms with van der Waals surface area (Å²) in [6, 6.07) is 21.5. The first-order chi connectivity index (χ1) is 11.1. The van der Waals surface area contributed by atoms with Gasteiger partial charge in [0.15, 0.2) is 0 Å². The van der Waals surface area contributed by atoms with Gasteiger partial charge in [0.2, 0.25) is 10.0 Å². The summed E-state index contributed by atoms with van der Waals surface area (Å²) in [7, 11) is -3.37. The zero-order valence-electron chi connectivity index (χ0n) is 13.0. The van der Waals surface area contributed by atoms with E-state index in [-0.39, 0.29) is 5.75 Å². The summed E-state index contributed by atoms with van der Waals surface area (Å²) in [5.74, 6) is 0.00440. The Balaban J connectivity index is 1.78. The zero-order chi connectivity index (χ0) is 16.3. The second kappa shape index (κ2) is 6.52. The van der Waals surface area contributed by atoms with E-state index in [0.717, 1.165) is 27.5 Å². The van der Waals surface area contributed by atoms with Crippen molar-refractivity contribution in [3.63, 3.8) is 0 Å². The van der Waals surface area contributed by atoms with Crippen molar-refractivity contribution in [1.82, 2.24) is 4.72 Å². The predicted octanol–water partition coefficient (Wildman–Crippen LogP) is 3.77. The number of hydrogen-bond acceptors (Lipinski definition) is 2. The van der Waals surface area contributed by atoms with Gasteiger partial charge in [0.1, 0.15) is 0 Å². The molecule has 0 radical (unpaired) electrons. The predicted molar refractivity (Wildman–Crippen MR) is 94.6 cm³/mol. The van der Waals surface area contributed by atoms with E-state index in [1.807, 2.05) is 73.7 Å². The lowest BCUT2D eigenvalue weighted by molar-refractivity contribution is 0.580. The molecule has 0 aromatic heterocycles. The molecule has 4 heteroatoms. The van der Waals surface area contributed by atoms with Gasteiger partial charge in [-0.15, -0.1) is 0 Å². The number of sulfonamides is 1. The lowest BCUT2D eigenvalue weighted by Crippen LogP contribution is -2.25. The molecule has 0 saturated heterocycles. The molecule has 3 nitrogen and oxygen atoms in total. The lowest BCUT2D eigenvalue weighted by Gasteiger charge is -2.10. The van der Waals surface area contributed by atoms with Gasteiger partial charge in [-0.3, -0.25) is 0 Å². The summed E-state index contributed by atoms with van der Waals surface area (Å²) < 4.78 is 27.4. The Labute approximate surface area is 137 Å². The van der Waals surface area contributed by atoms with Gasteiger partial charge in [0, 0.05) is 6.54 Å². The molecule has 23 heavy (non-hydrogen) atoms. The van der Waals surface area contributed by atoms with Crippen molar-refractivity contribution >= 4 is 20.8 Å². The molecule has 0 aliphatic rings. The summed E-state index contributed by atoms with van der Waals surface area (Å²) >= 11 is 0. The van der Waals surface area contributed by atoms with Crippen molar-refractivity contribution in [2.24, 2.45) is 0 Å². The summed E-state index contributed by atoms with van der Waals surface area (Å²) in [4.78, 5) is 0. The number of nitrogens with one attached hydrogen (secondary N) is 1. The van der Waals surface area contributed by atoms with E-state index in [9.17, 15) is 8.42 Å². The normalized spacial score (nSPS) is 11.7. The number of fused-ring (bicyclic) bond motifs is 1. The molecule has 0 unspecified atom stereocenters. The van der Waals surface area contributed by atoms with Crippen LogP contribution >= 0.6 is 0 Å². The van der Waals surface area contributed by atoms with Crippen molar-refractivity contribution in [3.8, 4) is 0 Å². The zero-order valence-corrected chi connectivity index (χ0v) is 13.8. The number of rotatable bonds is 5. The molecule has 3 rings (SSSR count). The maximum atomic E-state index is 12.4. The van der Waals surface area contributed by atoms with Crippen LogP contribution in [-0.4, -0.2) is 8.42 Å². The Hall–Kier alpha value is -2.17. The van der Waals surface area contributed by atoms with E-state index >= 15 is 0 Å². The molecule has 3 aromatic carbocycles. The summed E-state index contributed by atoms with van der Waals surface area (Å²) in [6.45, 7) is 2.23. The summed E-state index contributed by atoms with van der Waals surface area (Å²) in [5, 5.41) is 2.19. The van der Waals surface area contributed by atoms with Crippen LogP contribution in [0.3, 0.4) is 0 Å². The van der Waals surface area contributed by atoms with Crippen molar-refractivity contribution in [1.29, 1.82) is 0 Å². The Morgan fingerprint density at radius 2 is 1.48 bits per heavy atom. The van der Waals surface area contributed by atoms with Gasteiger partial charge in [-0.05, 0) is 34.4 Å². The van der Waals surface area contributed by atoms with Gasteiger partial charge < -0.3 is 0 Å². The van der Waals surface area contributed by atoms with Crippen molar-refractivity contribution in [2.45, 2.75) is 19.2 Å². The summed E-state index contributed by atoms with van der Waals surface area (Å²) in [6.07, 6.45) is 0. The van der Waals surface area contributed by atoms with Crippen LogP contribution in [0.5, 0.6) is 0 Å². The van der Waals surface area contributed by atoms with E-state index in [2.05, 4.69) is 4.72 Å². The smallest absolute Gasteiger partial charge is 0.212 e. The second-order valence-corrected chi connectivity index (χ2v) is 7.45. The highest BCUT2D eigenvalue weighted by atomic mass is 32.2. The Morgan fingerprint density at radius 1 is 0.826 bits per heavy atom. The SMILES string of the molecule is Cc1ccccc1CS(=O)(=O)NCc1cccc2ccccc12. The third-order valence-electron chi connectivity index (χ3n) is 3.97. The van der Waals surface area contributed by atoms with Crippen LogP contribution in [-0.2, 0) is 22.3 Å². The number of hydrogen-bond donors (Lipinski definition) is 1. The third kappa shape index (κ3) is 3.78. The first kappa shape index (κ1) is 15.7. The highest BCUT2D eigenvalue weighted by molar-refractivity contribution is 7.88. The molecule has 0 heterocycles. The minimum absolute atomic E-state index is 0.00440. The molecule has 0 amide bonds. The third-order valence-corrected chi connectivity index (χ3v) is 5.24. The quantitative estimate of drug-likeness (QED) is 0.776. The molecule has 0 spiro atoms. The first-order valence-corrected chi connectivity index (χ1v) is 9.19. The van der Waals surface area contributed by atoms with Crippen LogP contribution in [0.1, 0.15) is 16.7 Å². The van der Waals surface area contributed by atoms with Crippen molar-refractivity contribution < 1.29 is 8.42 Å². The van der Waals surface area contributed by atoms with E-state index in [0.29, 0.717) is 6.54 Å². The highest BCUT2D eigenvalue weighted by Crippen LogP contribution is 2.19. The fourth-order valence-corrected chi connectivity index (χ4v) is 3.87. The van der Waals surface area contributed by atoms with Crippen LogP contribution in [0.2, 0.25) is 0 Å². The van der Waals surface area contributed by atoms with Crippen LogP contribution in [0.15, 0.2) is 66.7 Å². The van der Waals surface area contributed by atoms with Crippen LogP contribution < -0.4 is 4.72 Å². The highest BCUT2D eigenvalue weighted by Gasteiger charge is 2.13. The average molecular weight is 325 g/mol. The Kier molecular flexibility index (Phi) is 4.46. The van der Waals surface area contributed by atoms with Crippen LogP contribution in [0, 0.1) is 6.92 Å². The van der Waals surface area contributed by atoms with E-state index in [1.165, 1.54) is 0 Å². The minimum Gasteiger partial charge on any atom is -0.212 e. The maximum absolute atomic E-state index is 12.4.